The zero-order valence-electron chi connectivity index (χ0n) is 17.7. The summed E-state index contributed by atoms with van der Waals surface area (Å²) in [5.41, 5.74) is 2.76. The third-order valence-corrected chi connectivity index (χ3v) is 8.94. The maximum absolute atomic E-state index is 13.3. The van der Waals surface area contributed by atoms with Crippen molar-refractivity contribution in [3.05, 3.63) is 93.0 Å². The van der Waals surface area contributed by atoms with Gasteiger partial charge in [0.15, 0.2) is 0 Å². The molecule has 3 aromatic carbocycles. The molecule has 1 aromatic heterocycles. The summed E-state index contributed by atoms with van der Waals surface area (Å²) in [6, 6.07) is 22.3. The number of halogens is 1. The summed E-state index contributed by atoms with van der Waals surface area (Å²) in [5.74, 6) is 0. The highest BCUT2D eigenvalue weighted by Crippen LogP contribution is 2.27. The summed E-state index contributed by atoms with van der Waals surface area (Å²) in [7, 11) is -3.65. The zero-order chi connectivity index (χ0) is 23.0. The molecular weight excluding hydrogens is 478 g/mol. The van der Waals surface area contributed by atoms with E-state index in [4.69, 9.17) is 11.6 Å². The van der Waals surface area contributed by atoms with Crippen molar-refractivity contribution in [1.82, 2.24) is 8.87 Å². The molecule has 0 saturated carbocycles. The largest absolute Gasteiger partial charge is 0.369 e. The first-order chi connectivity index (χ1) is 15.9. The quantitative estimate of drug-likeness (QED) is 0.411. The number of thiazole rings is 1. The topological polar surface area (TPSA) is 62.6 Å². The molecule has 4 aromatic rings. The highest BCUT2D eigenvalue weighted by atomic mass is 35.5. The lowest BCUT2D eigenvalue weighted by Gasteiger charge is -2.35. The molecule has 1 aliphatic rings. The highest BCUT2D eigenvalue weighted by Gasteiger charge is 2.29. The lowest BCUT2D eigenvalue weighted by Crippen LogP contribution is -2.48. The molecule has 0 unspecified atom stereocenters. The average Bonchev–Trinajstić information content (AvgIpc) is 3.14. The molecule has 0 amide bonds. The van der Waals surface area contributed by atoms with Gasteiger partial charge in [0.05, 0.1) is 21.7 Å². The second kappa shape index (κ2) is 8.95. The van der Waals surface area contributed by atoms with Crippen molar-refractivity contribution in [3.8, 4) is 0 Å². The van der Waals surface area contributed by atoms with Crippen molar-refractivity contribution < 1.29 is 8.42 Å². The first-order valence-corrected chi connectivity index (χ1v) is 13.2. The van der Waals surface area contributed by atoms with Gasteiger partial charge in [0, 0.05) is 36.9 Å². The number of anilines is 1. The monoisotopic (exact) mass is 499 g/mol. The fourth-order valence-corrected chi connectivity index (χ4v) is 6.77. The Morgan fingerprint density at radius 3 is 2.36 bits per heavy atom. The number of rotatable bonds is 5. The predicted octanol–water partition coefficient (Wildman–Crippen LogP) is 4.28. The van der Waals surface area contributed by atoms with Crippen molar-refractivity contribution in [1.29, 1.82) is 0 Å². The lowest BCUT2D eigenvalue weighted by molar-refractivity contribution is 0.385. The number of nitrogens with zero attached hydrogens (tertiary/aromatic N) is 3. The van der Waals surface area contributed by atoms with Crippen molar-refractivity contribution >= 4 is 48.9 Å². The minimum Gasteiger partial charge on any atom is -0.369 e. The SMILES string of the molecule is O=c1sc2cc(S(=O)(=O)N3CCN(c4cccc(Cl)c4)CC3)ccc2n1Cc1ccccc1. The first kappa shape index (κ1) is 22.2. The summed E-state index contributed by atoms with van der Waals surface area (Å²) in [6.07, 6.45) is 0. The van der Waals surface area contributed by atoms with E-state index in [0.29, 0.717) is 42.4 Å². The maximum atomic E-state index is 13.3. The van der Waals surface area contributed by atoms with E-state index >= 15 is 0 Å². The minimum atomic E-state index is -3.65. The van der Waals surface area contributed by atoms with E-state index in [1.807, 2.05) is 54.6 Å². The van der Waals surface area contributed by atoms with Crippen molar-refractivity contribution in [2.24, 2.45) is 0 Å². The van der Waals surface area contributed by atoms with Crippen LogP contribution in [0.1, 0.15) is 5.56 Å². The van der Waals surface area contributed by atoms with Gasteiger partial charge in [-0.05, 0) is 42.0 Å². The van der Waals surface area contributed by atoms with Gasteiger partial charge < -0.3 is 4.90 Å². The molecule has 0 spiro atoms. The molecule has 9 heteroatoms. The molecular formula is C24H22ClN3O3S2. The van der Waals surface area contributed by atoms with E-state index in [2.05, 4.69) is 4.90 Å². The summed E-state index contributed by atoms with van der Waals surface area (Å²) >= 11 is 7.17. The van der Waals surface area contributed by atoms with Crippen LogP contribution in [-0.4, -0.2) is 43.5 Å². The Hall–Kier alpha value is -2.65. The van der Waals surface area contributed by atoms with E-state index in [1.165, 1.54) is 4.31 Å². The van der Waals surface area contributed by atoms with Crippen molar-refractivity contribution in [2.45, 2.75) is 11.4 Å². The molecule has 170 valence electrons. The Morgan fingerprint density at radius 2 is 1.64 bits per heavy atom. The molecule has 33 heavy (non-hydrogen) atoms. The summed E-state index contributed by atoms with van der Waals surface area (Å²) in [4.78, 5) is 14.9. The smallest absolute Gasteiger partial charge is 0.308 e. The highest BCUT2D eigenvalue weighted by molar-refractivity contribution is 7.89. The van der Waals surface area contributed by atoms with Crippen LogP contribution in [0.25, 0.3) is 10.2 Å². The Balaban J connectivity index is 1.37. The van der Waals surface area contributed by atoms with Crippen LogP contribution in [0, 0.1) is 0 Å². The van der Waals surface area contributed by atoms with E-state index < -0.39 is 10.0 Å². The third kappa shape index (κ3) is 4.44. The lowest BCUT2D eigenvalue weighted by atomic mass is 10.2. The van der Waals surface area contributed by atoms with Gasteiger partial charge >= 0.3 is 4.87 Å². The first-order valence-electron chi connectivity index (χ1n) is 10.6. The van der Waals surface area contributed by atoms with Crippen molar-refractivity contribution in [2.75, 3.05) is 31.1 Å². The summed E-state index contributed by atoms with van der Waals surface area (Å²) in [5, 5.41) is 0.661. The van der Waals surface area contributed by atoms with Crippen LogP contribution in [0.2, 0.25) is 5.02 Å². The van der Waals surface area contributed by atoms with Crippen LogP contribution >= 0.6 is 22.9 Å². The number of sulfonamides is 1. The average molecular weight is 500 g/mol. The maximum Gasteiger partial charge on any atom is 0.308 e. The zero-order valence-corrected chi connectivity index (χ0v) is 20.1. The van der Waals surface area contributed by atoms with Crippen LogP contribution in [-0.2, 0) is 16.6 Å². The van der Waals surface area contributed by atoms with Crippen LogP contribution in [0.5, 0.6) is 0 Å². The number of aromatic nitrogens is 1. The summed E-state index contributed by atoms with van der Waals surface area (Å²) < 4.78 is 30.5. The number of fused-ring (bicyclic) bond motifs is 1. The van der Waals surface area contributed by atoms with E-state index in [9.17, 15) is 13.2 Å². The molecule has 5 rings (SSSR count). The van der Waals surface area contributed by atoms with Crippen molar-refractivity contribution in [3.63, 3.8) is 0 Å². The molecule has 0 bridgehead atoms. The normalized spacial score (nSPS) is 15.2. The van der Waals surface area contributed by atoms with Gasteiger partial charge in [-0.2, -0.15) is 4.31 Å². The van der Waals surface area contributed by atoms with Gasteiger partial charge in [-0.3, -0.25) is 9.36 Å². The van der Waals surface area contributed by atoms with E-state index in [0.717, 1.165) is 28.1 Å². The van der Waals surface area contributed by atoms with Crippen LogP contribution in [0.3, 0.4) is 0 Å². The van der Waals surface area contributed by atoms with Gasteiger partial charge in [-0.25, -0.2) is 8.42 Å². The molecule has 6 nitrogen and oxygen atoms in total. The van der Waals surface area contributed by atoms with Gasteiger partial charge in [-0.1, -0.05) is 59.3 Å². The Morgan fingerprint density at radius 1 is 0.879 bits per heavy atom. The fraction of sp³-hybridized carbons (Fsp3) is 0.208. The van der Waals surface area contributed by atoms with E-state index in [1.54, 1.807) is 22.8 Å². The molecule has 1 fully saturated rings. The Kier molecular flexibility index (Phi) is 6.01. The number of hydrogen-bond acceptors (Lipinski definition) is 5. The predicted molar refractivity (Wildman–Crippen MR) is 134 cm³/mol. The van der Waals surface area contributed by atoms with Gasteiger partial charge in [0.2, 0.25) is 10.0 Å². The number of benzene rings is 3. The Bertz CT molecular complexity index is 1460. The molecule has 0 atom stereocenters. The number of piperazine rings is 1. The molecule has 1 aliphatic heterocycles. The molecule has 1 saturated heterocycles. The fourth-order valence-electron chi connectivity index (χ4n) is 4.13. The van der Waals surface area contributed by atoms with Gasteiger partial charge in [-0.15, -0.1) is 0 Å². The van der Waals surface area contributed by atoms with Crippen LogP contribution in [0.15, 0.2) is 82.5 Å². The molecule has 0 aliphatic carbocycles. The summed E-state index contributed by atoms with van der Waals surface area (Å²) in [6.45, 7) is 2.40. The van der Waals surface area contributed by atoms with Gasteiger partial charge in [0.1, 0.15) is 0 Å². The molecule has 2 heterocycles. The molecule has 0 N–H and O–H groups in total. The van der Waals surface area contributed by atoms with Crippen LogP contribution in [0.4, 0.5) is 5.69 Å². The standard InChI is InChI=1S/C24H22ClN3O3S2/c25-19-7-4-8-20(15-19)26-11-13-27(14-12-26)33(30,31)21-9-10-22-23(16-21)32-24(29)28(22)17-18-5-2-1-3-6-18/h1-10,15-16H,11-14,17H2. The van der Waals surface area contributed by atoms with Gasteiger partial charge in [0.25, 0.3) is 0 Å². The third-order valence-electron chi connectivity index (χ3n) is 5.87. The second-order valence-corrected chi connectivity index (χ2v) is 11.3. The Labute approximate surface area is 201 Å². The minimum absolute atomic E-state index is 0.0986. The molecule has 0 radical (unpaired) electrons. The number of hydrogen-bond donors (Lipinski definition) is 0. The van der Waals surface area contributed by atoms with E-state index in [-0.39, 0.29) is 9.77 Å². The second-order valence-electron chi connectivity index (χ2n) is 7.94. The van der Waals surface area contributed by atoms with Crippen LogP contribution < -0.4 is 9.77 Å².